The lowest BCUT2D eigenvalue weighted by atomic mass is 9.67. The normalized spacial score (nSPS) is 35.2. The number of carbonyl (C=O) groups excluding carboxylic acids is 1. The van der Waals surface area contributed by atoms with Crippen LogP contribution in [0, 0.1) is 23.7 Å². The highest BCUT2D eigenvalue weighted by molar-refractivity contribution is 5.79. The molecule has 3 aliphatic rings. The molecule has 0 aliphatic heterocycles. The molecule has 0 saturated heterocycles. The van der Waals surface area contributed by atoms with Gasteiger partial charge in [-0.25, -0.2) is 0 Å². The maximum atomic E-state index is 12.6. The van der Waals surface area contributed by atoms with Gasteiger partial charge in [-0.1, -0.05) is 38.5 Å². The summed E-state index contributed by atoms with van der Waals surface area (Å²) in [4.78, 5) is 12.6. The van der Waals surface area contributed by atoms with E-state index in [-0.39, 0.29) is 12.0 Å². The highest BCUT2D eigenvalue weighted by Crippen LogP contribution is 2.42. The Hall–Kier alpha value is -0.570. The number of rotatable bonds is 4. The Kier molecular flexibility index (Phi) is 5.20. The molecule has 0 radical (unpaired) electrons. The molecule has 1 amide bonds. The third kappa shape index (κ3) is 3.61. The lowest BCUT2D eigenvalue weighted by molar-refractivity contribution is -0.128. The highest BCUT2D eigenvalue weighted by atomic mass is 16.1. The van der Waals surface area contributed by atoms with Gasteiger partial charge in [0.2, 0.25) is 5.91 Å². The quantitative estimate of drug-likeness (QED) is 0.836. The van der Waals surface area contributed by atoms with Crippen LogP contribution in [-0.4, -0.2) is 18.5 Å². The summed E-state index contributed by atoms with van der Waals surface area (Å²) in [5.41, 5.74) is 5.92. The first-order valence-corrected chi connectivity index (χ1v) is 9.28. The number of nitrogens with one attached hydrogen (secondary N) is 1. The van der Waals surface area contributed by atoms with E-state index < -0.39 is 0 Å². The van der Waals surface area contributed by atoms with Crippen LogP contribution >= 0.6 is 0 Å². The first kappa shape index (κ1) is 15.3. The van der Waals surface area contributed by atoms with Gasteiger partial charge in [0.25, 0.3) is 0 Å². The van der Waals surface area contributed by atoms with Gasteiger partial charge >= 0.3 is 0 Å². The minimum Gasteiger partial charge on any atom is -0.352 e. The van der Waals surface area contributed by atoms with Gasteiger partial charge in [0, 0.05) is 18.5 Å². The van der Waals surface area contributed by atoms with E-state index in [1.165, 1.54) is 57.8 Å². The molecule has 3 fully saturated rings. The molecule has 120 valence electrons. The van der Waals surface area contributed by atoms with Crippen molar-refractivity contribution in [3.8, 4) is 0 Å². The Morgan fingerprint density at radius 2 is 1.62 bits per heavy atom. The van der Waals surface area contributed by atoms with Crippen molar-refractivity contribution in [1.29, 1.82) is 0 Å². The van der Waals surface area contributed by atoms with Crippen LogP contribution in [0.25, 0.3) is 0 Å². The molecule has 3 rings (SSSR count). The second kappa shape index (κ2) is 7.13. The lowest BCUT2D eigenvalue weighted by Crippen LogP contribution is -2.48. The summed E-state index contributed by atoms with van der Waals surface area (Å²) < 4.78 is 0. The average Bonchev–Trinajstić information content (AvgIpc) is 3.06. The van der Waals surface area contributed by atoms with Crippen molar-refractivity contribution >= 4 is 5.91 Å². The Labute approximate surface area is 129 Å². The molecule has 0 heterocycles. The van der Waals surface area contributed by atoms with E-state index in [4.69, 9.17) is 5.73 Å². The largest absolute Gasteiger partial charge is 0.352 e. The van der Waals surface area contributed by atoms with E-state index in [9.17, 15) is 4.79 Å². The molecule has 0 aromatic heterocycles. The van der Waals surface area contributed by atoms with Gasteiger partial charge in [0.05, 0.1) is 0 Å². The Morgan fingerprint density at radius 3 is 2.33 bits per heavy atom. The predicted octanol–water partition coefficient (Wildman–Crippen LogP) is 3.23. The van der Waals surface area contributed by atoms with Crippen molar-refractivity contribution in [2.75, 3.05) is 6.54 Å². The molecule has 3 saturated carbocycles. The van der Waals surface area contributed by atoms with Crippen LogP contribution in [0.2, 0.25) is 0 Å². The molecule has 3 N–H and O–H groups in total. The van der Waals surface area contributed by atoms with Gasteiger partial charge in [0.15, 0.2) is 0 Å². The van der Waals surface area contributed by atoms with Crippen LogP contribution in [0.15, 0.2) is 0 Å². The van der Waals surface area contributed by atoms with Crippen LogP contribution in [-0.2, 0) is 4.79 Å². The van der Waals surface area contributed by atoms with Crippen molar-refractivity contribution in [3.63, 3.8) is 0 Å². The first-order valence-electron chi connectivity index (χ1n) is 9.28. The molecule has 0 bridgehead atoms. The zero-order valence-corrected chi connectivity index (χ0v) is 13.4. The number of nitrogens with two attached hydrogens (primary N) is 1. The highest BCUT2D eigenvalue weighted by Gasteiger charge is 2.36. The summed E-state index contributed by atoms with van der Waals surface area (Å²) in [7, 11) is 0. The first-order chi connectivity index (χ1) is 10.3. The summed E-state index contributed by atoms with van der Waals surface area (Å²) in [5, 5.41) is 3.31. The number of fused-ring (bicyclic) bond motifs is 1. The average molecular weight is 292 g/mol. The standard InChI is InChI=1S/C18H32N2O/c19-12-17(14-6-2-3-7-14)20-18(21)16-10-9-13-5-1-4-8-15(13)11-16/h13-17H,1-12,19H2,(H,20,21). The number of carbonyl (C=O) groups is 1. The molecular weight excluding hydrogens is 260 g/mol. The number of amides is 1. The maximum absolute atomic E-state index is 12.6. The molecule has 3 aliphatic carbocycles. The molecule has 0 spiro atoms. The summed E-state index contributed by atoms with van der Waals surface area (Å²) in [6, 6.07) is 0.226. The van der Waals surface area contributed by atoms with E-state index in [1.54, 1.807) is 0 Å². The molecule has 3 heteroatoms. The summed E-state index contributed by atoms with van der Waals surface area (Å²) in [6.45, 7) is 0.606. The third-order valence-corrected chi connectivity index (χ3v) is 6.46. The Morgan fingerprint density at radius 1 is 0.952 bits per heavy atom. The number of hydrogen-bond donors (Lipinski definition) is 2. The zero-order chi connectivity index (χ0) is 14.7. The van der Waals surface area contributed by atoms with E-state index in [2.05, 4.69) is 5.32 Å². The van der Waals surface area contributed by atoms with E-state index in [0.29, 0.717) is 18.4 Å². The predicted molar refractivity (Wildman–Crippen MR) is 85.7 cm³/mol. The molecule has 0 aromatic carbocycles. The molecule has 0 aromatic rings. The molecule has 3 nitrogen and oxygen atoms in total. The van der Waals surface area contributed by atoms with Crippen molar-refractivity contribution < 1.29 is 4.79 Å². The van der Waals surface area contributed by atoms with Gasteiger partial charge in [0.1, 0.15) is 0 Å². The minimum absolute atomic E-state index is 0.226. The second-order valence-electron chi connectivity index (χ2n) is 7.71. The van der Waals surface area contributed by atoms with Crippen molar-refractivity contribution in [1.82, 2.24) is 5.32 Å². The molecule has 4 unspecified atom stereocenters. The van der Waals surface area contributed by atoms with Crippen LogP contribution in [0.5, 0.6) is 0 Å². The smallest absolute Gasteiger partial charge is 0.223 e. The van der Waals surface area contributed by atoms with Crippen LogP contribution in [0.4, 0.5) is 0 Å². The fraction of sp³-hybridized carbons (Fsp3) is 0.944. The van der Waals surface area contributed by atoms with Crippen molar-refractivity contribution in [2.24, 2.45) is 29.4 Å². The summed E-state index contributed by atoms with van der Waals surface area (Å²) in [6.07, 6.45) is 14.2. The van der Waals surface area contributed by atoms with E-state index in [0.717, 1.165) is 24.7 Å². The second-order valence-corrected chi connectivity index (χ2v) is 7.71. The fourth-order valence-electron chi connectivity index (χ4n) is 5.14. The summed E-state index contributed by atoms with van der Waals surface area (Å²) >= 11 is 0. The molecule has 4 atom stereocenters. The Balaban J connectivity index is 1.52. The topological polar surface area (TPSA) is 55.1 Å². The lowest BCUT2D eigenvalue weighted by Gasteiger charge is -2.39. The zero-order valence-electron chi connectivity index (χ0n) is 13.4. The molecule has 21 heavy (non-hydrogen) atoms. The molecular formula is C18H32N2O. The van der Waals surface area contributed by atoms with Crippen LogP contribution in [0.1, 0.15) is 70.6 Å². The van der Waals surface area contributed by atoms with Gasteiger partial charge in [-0.15, -0.1) is 0 Å². The van der Waals surface area contributed by atoms with Crippen LogP contribution < -0.4 is 11.1 Å². The van der Waals surface area contributed by atoms with Gasteiger partial charge in [-0.3, -0.25) is 4.79 Å². The monoisotopic (exact) mass is 292 g/mol. The van der Waals surface area contributed by atoms with Crippen molar-refractivity contribution in [2.45, 2.75) is 76.7 Å². The van der Waals surface area contributed by atoms with Crippen LogP contribution in [0.3, 0.4) is 0 Å². The summed E-state index contributed by atoms with van der Waals surface area (Å²) in [5.74, 6) is 2.94. The number of hydrogen-bond acceptors (Lipinski definition) is 2. The minimum atomic E-state index is 0.226. The fourth-order valence-corrected chi connectivity index (χ4v) is 5.14. The SMILES string of the molecule is NCC(NC(=O)C1CCC2CCCCC2C1)C1CCCC1. The van der Waals surface area contributed by atoms with Crippen molar-refractivity contribution in [3.05, 3.63) is 0 Å². The van der Waals surface area contributed by atoms with E-state index in [1.807, 2.05) is 0 Å². The Bertz CT molecular complexity index is 351. The van der Waals surface area contributed by atoms with Gasteiger partial charge < -0.3 is 11.1 Å². The van der Waals surface area contributed by atoms with Gasteiger partial charge in [-0.05, 0) is 49.9 Å². The maximum Gasteiger partial charge on any atom is 0.223 e. The third-order valence-electron chi connectivity index (χ3n) is 6.46. The van der Waals surface area contributed by atoms with Gasteiger partial charge in [-0.2, -0.15) is 0 Å². The van der Waals surface area contributed by atoms with E-state index >= 15 is 0 Å².